The molecule has 0 amide bonds. The molecular weight excluding hydrogens is 281 g/mol. The van der Waals surface area contributed by atoms with Gasteiger partial charge in [-0.1, -0.05) is 10.6 Å². The minimum atomic E-state index is -4.40. The van der Waals surface area contributed by atoms with Crippen molar-refractivity contribution in [1.29, 1.82) is 0 Å². The van der Waals surface area contributed by atoms with Gasteiger partial charge < -0.3 is 10.2 Å². The Morgan fingerprint density at radius 3 is 2.84 bits per heavy atom. The Balaban J connectivity index is 2.08. The molecule has 102 valence electrons. The maximum absolute atomic E-state index is 12.5. The number of nitrogen functional groups attached to an aromatic ring is 1. The summed E-state index contributed by atoms with van der Waals surface area (Å²) in [6, 6.07) is 4.61. The summed E-state index contributed by atoms with van der Waals surface area (Å²) in [5.41, 5.74) is 2.05. The third kappa shape index (κ3) is 3.32. The summed E-state index contributed by atoms with van der Waals surface area (Å²) >= 11 is 1.03. The number of benzene rings is 1. The predicted octanol–water partition coefficient (Wildman–Crippen LogP) is 2.42. The van der Waals surface area contributed by atoms with Crippen LogP contribution < -0.4 is 16.0 Å². The molecule has 5 nitrogen and oxygen atoms in total. The van der Waals surface area contributed by atoms with Crippen LogP contribution in [0.15, 0.2) is 24.3 Å². The molecule has 0 radical (unpaired) electrons. The van der Waals surface area contributed by atoms with Crippen molar-refractivity contribution in [2.24, 2.45) is 5.84 Å². The van der Waals surface area contributed by atoms with Gasteiger partial charge in [0.25, 0.3) is 0 Å². The molecule has 1 aromatic heterocycles. The zero-order chi connectivity index (χ0) is 13.9. The molecule has 0 unspecified atom stereocenters. The van der Waals surface area contributed by atoms with Crippen LogP contribution in [0.1, 0.15) is 11.3 Å². The van der Waals surface area contributed by atoms with Gasteiger partial charge in [-0.25, -0.2) is 5.84 Å². The quantitative estimate of drug-likeness (QED) is 0.668. The van der Waals surface area contributed by atoms with Crippen LogP contribution in [0, 0.1) is 0 Å². The minimum absolute atomic E-state index is 0.0165. The summed E-state index contributed by atoms with van der Waals surface area (Å²) in [6.45, 7) is -0.0165. The van der Waals surface area contributed by atoms with Crippen LogP contribution in [0.2, 0.25) is 0 Å². The molecule has 1 heterocycles. The molecule has 19 heavy (non-hydrogen) atoms. The second kappa shape index (κ2) is 5.41. The van der Waals surface area contributed by atoms with E-state index in [0.29, 0.717) is 10.7 Å². The predicted molar refractivity (Wildman–Crippen MR) is 63.5 cm³/mol. The highest BCUT2D eigenvalue weighted by molar-refractivity contribution is 7.10. The lowest BCUT2D eigenvalue weighted by molar-refractivity contribution is -0.137. The van der Waals surface area contributed by atoms with Gasteiger partial charge in [0.05, 0.1) is 5.56 Å². The van der Waals surface area contributed by atoms with Crippen LogP contribution in [-0.4, -0.2) is 9.59 Å². The molecule has 2 aromatic rings. The van der Waals surface area contributed by atoms with E-state index < -0.39 is 11.7 Å². The van der Waals surface area contributed by atoms with Gasteiger partial charge in [0, 0.05) is 11.5 Å². The Labute approximate surface area is 110 Å². The number of hydrazine groups is 1. The average Bonchev–Trinajstić information content (AvgIpc) is 2.83. The first-order valence-electron chi connectivity index (χ1n) is 5.08. The SMILES string of the molecule is NNc1snnc1COc1cccc(C(F)(F)F)c1. The van der Waals surface area contributed by atoms with Gasteiger partial charge in [-0.15, -0.1) is 5.10 Å². The number of anilines is 1. The molecule has 2 rings (SSSR count). The second-order valence-electron chi connectivity index (χ2n) is 3.51. The number of hydrogen-bond donors (Lipinski definition) is 2. The summed E-state index contributed by atoms with van der Waals surface area (Å²) < 4.78 is 46.4. The molecule has 0 atom stereocenters. The van der Waals surface area contributed by atoms with Crippen molar-refractivity contribution in [2.75, 3.05) is 5.43 Å². The van der Waals surface area contributed by atoms with Gasteiger partial charge in [-0.3, -0.25) is 0 Å². The molecule has 3 N–H and O–H groups in total. The van der Waals surface area contributed by atoms with Crippen molar-refractivity contribution in [3.8, 4) is 5.75 Å². The lowest BCUT2D eigenvalue weighted by Crippen LogP contribution is -2.09. The van der Waals surface area contributed by atoms with Crippen molar-refractivity contribution < 1.29 is 17.9 Å². The van der Waals surface area contributed by atoms with E-state index in [1.165, 1.54) is 12.1 Å². The molecule has 0 aliphatic carbocycles. The molecule has 0 bridgehead atoms. The van der Waals surface area contributed by atoms with Gasteiger partial charge >= 0.3 is 6.18 Å². The van der Waals surface area contributed by atoms with Crippen LogP contribution in [0.5, 0.6) is 5.75 Å². The summed E-state index contributed by atoms with van der Waals surface area (Å²) in [4.78, 5) is 0. The van der Waals surface area contributed by atoms with Crippen molar-refractivity contribution in [3.63, 3.8) is 0 Å². The molecule has 0 spiro atoms. The number of ether oxygens (including phenoxy) is 1. The van der Waals surface area contributed by atoms with E-state index in [1.807, 2.05) is 0 Å². The number of nitrogens with two attached hydrogens (primary N) is 1. The van der Waals surface area contributed by atoms with Crippen LogP contribution in [0.3, 0.4) is 0 Å². The lowest BCUT2D eigenvalue weighted by Gasteiger charge is -2.09. The average molecular weight is 290 g/mol. The van der Waals surface area contributed by atoms with E-state index in [0.717, 1.165) is 23.7 Å². The number of nitrogens with one attached hydrogen (secondary N) is 1. The number of rotatable bonds is 4. The van der Waals surface area contributed by atoms with Crippen LogP contribution in [0.4, 0.5) is 18.2 Å². The van der Waals surface area contributed by atoms with Gasteiger partial charge in [0.15, 0.2) is 5.00 Å². The van der Waals surface area contributed by atoms with E-state index >= 15 is 0 Å². The Bertz CT molecular complexity index is 558. The first kappa shape index (κ1) is 13.6. The molecule has 0 aliphatic rings. The third-order valence-corrected chi connectivity index (χ3v) is 2.92. The van der Waals surface area contributed by atoms with Crippen molar-refractivity contribution in [2.45, 2.75) is 12.8 Å². The van der Waals surface area contributed by atoms with Crippen molar-refractivity contribution in [3.05, 3.63) is 35.5 Å². The maximum atomic E-state index is 12.5. The monoisotopic (exact) mass is 290 g/mol. The highest BCUT2D eigenvalue weighted by atomic mass is 32.1. The van der Waals surface area contributed by atoms with Crippen molar-refractivity contribution >= 4 is 16.5 Å². The normalized spacial score (nSPS) is 11.4. The first-order chi connectivity index (χ1) is 9.00. The molecule has 0 aliphatic heterocycles. The smallest absolute Gasteiger partial charge is 0.416 e. The largest absolute Gasteiger partial charge is 0.487 e. The Morgan fingerprint density at radius 1 is 1.37 bits per heavy atom. The van der Waals surface area contributed by atoms with Gasteiger partial charge in [-0.2, -0.15) is 13.2 Å². The summed E-state index contributed by atoms with van der Waals surface area (Å²) in [5.74, 6) is 5.32. The summed E-state index contributed by atoms with van der Waals surface area (Å²) in [7, 11) is 0. The Morgan fingerprint density at radius 2 is 2.16 bits per heavy atom. The van der Waals surface area contributed by atoms with E-state index in [2.05, 4.69) is 15.0 Å². The first-order valence-corrected chi connectivity index (χ1v) is 5.86. The van der Waals surface area contributed by atoms with E-state index in [9.17, 15) is 13.2 Å². The van der Waals surface area contributed by atoms with Gasteiger partial charge in [-0.05, 0) is 18.2 Å². The highest BCUT2D eigenvalue weighted by Crippen LogP contribution is 2.31. The van der Waals surface area contributed by atoms with Crippen LogP contribution in [-0.2, 0) is 12.8 Å². The number of aromatic nitrogens is 2. The fourth-order valence-corrected chi connectivity index (χ4v) is 1.81. The lowest BCUT2D eigenvalue weighted by atomic mass is 10.2. The van der Waals surface area contributed by atoms with Crippen LogP contribution in [0.25, 0.3) is 0 Å². The molecule has 0 saturated heterocycles. The number of nitrogens with zero attached hydrogens (tertiary/aromatic N) is 2. The van der Waals surface area contributed by atoms with E-state index in [4.69, 9.17) is 10.6 Å². The zero-order valence-corrected chi connectivity index (χ0v) is 10.3. The van der Waals surface area contributed by atoms with Gasteiger partial charge in [0.2, 0.25) is 0 Å². The maximum Gasteiger partial charge on any atom is 0.416 e. The summed E-state index contributed by atoms with van der Waals surface area (Å²) in [6.07, 6.45) is -4.40. The Hall–Kier alpha value is -1.87. The fraction of sp³-hybridized carbons (Fsp3) is 0.200. The number of alkyl halides is 3. The second-order valence-corrected chi connectivity index (χ2v) is 4.26. The van der Waals surface area contributed by atoms with E-state index in [-0.39, 0.29) is 12.4 Å². The minimum Gasteiger partial charge on any atom is -0.487 e. The summed E-state index contributed by atoms with van der Waals surface area (Å²) in [5, 5.41) is 4.26. The number of hydrogen-bond acceptors (Lipinski definition) is 6. The standard InChI is InChI=1S/C10H9F3N4OS/c11-10(12,13)6-2-1-3-7(4-6)18-5-8-9(15-14)19-17-16-8/h1-4,15H,5,14H2. The fourth-order valence-electron chi connectivity index (χ4n) is 1.33. The topological polar surface area (TPSA) is 73.1 Å². The molecule has 1 aromatic carbocycles. The Kier molecular flexibility index (Phi) is 3.86. The molecule has 9 heteroatoms. The van der Waals surface area contributed by atoms with Crippen LogP contribution >= 0.6 is 11.5 Å². The number of halogens is 3. The van der Waals surface area contributed by atoms with Crippen molar-refractivity contribution in [1.82, 2.24) is 9.59 Å². The third-order valence-electron chi connectivity index (χ3n) is 2.22. The van der Waals surface area contributed by atoms with Gasteiger partial charge in [0.1, 0.15) is 18.1 Å². The highest BCUT2D eigenvalue weighted by Gasteiger charge is 2.30. The molecular formula is C10H9F3N4OS. The zero-order valence-electron chi connectivity index (χ0n) is 9.44. The van der Waals surface area contributed by atoms with E-state index in [1.54, 1.807) is 0 Å². The molecule has 0 fully saturated rings. The molecule has 0 saturated carbocycles.